The second-order valence-corrected chi connectivity index (χ2v) is 7.80. The van der Waals surface area contributed by atoms with Crippen molar-refractivity contribution in [2.75, 3.05) is 0 Å². The van der Waals surface area contributed by atoms with Crippen LogP contribution in [-0.2, 0) is 21.0 Å². The third-order valence-electron chi connectivity index (χ3n) is 3.89. The maximum absolute atomic E-state index is 11.7. The first-order valence-corrected chi connectivity index (χ1v) is 9.24. The average molecular weight is 326 g/mol. The molecule has 0 aliphatic heterocycles. The summed E-state index contributed by atoms with van der Waals surface area (Å²) in [7, 11) is 1.59. The van der Waals surface area contributed by atoms with Crippen molar-refractivity contribution in [1.29, 1.82) is 0 Å². The molecule has 0 amide bonds. The molecule has 112 valence electrons. The second-order valence-electron chi connectivity index (χ2n) is 5.34. The maximum atomic E-state index is 11.7. The van der Waals surface area contributed by atoms with Gasteiger partial charge in [-0.05, 0) is 24.8 Å². The van der Waals surface area contributed by atoms with Crippen molar-refractivity contribution in [3.63, 3.8) is 0 Å². The van der Waals surface area contributed by atoms with Gasteiger partial charge in [-0.2, -0.15) is 0 Å². The number of halogens is 1. The normalized spacial score (nSPS) is 16.9. The molecule has 0 unspecified atom stereocenters. The molecule has 5 nitrogen and oxygen atoms in total. The highest BCUT2D eigenvalue weighted by molar-refractivity contribution is 8.13. The van der Waals surface area contributed by atoms with Crippen LogP contribution in [0.25, 0.3) is 0 Å². The zero-order valence-electron chi connectivity index (χ0n) is 11.7. The number of nitrogens with zero attached hydrogens (tertiary/aromatic N) is 3. The molecule has 0 saturated heterocycles. The lowest BCUT2D eigenvalue weighted by Crippen LogP contribution is -2.18. The van der Waals surface area contributed by atoms with Crippen LogP contribution in [0, 0.1) is 0 Å². The molecule has 0 spiro atoms. The Hall–Kier alpha value is -1.40. The fourth-order valence-electron chi connectivity index (χ4n) is 2.77. The van der Waals surface area contributed by atoms with E-state index in [-0.39, 0.29) is 10.6 Å². The maximum Gasteiger partial charge on any atom is 0.296 e. The zero-order valence-corrected chi connectivity index (χ0v) is 13.2. The van der Waals surface area contributed by atoms with Gasteiger partial charge in [0.25, 0.3) is 14.2 Å². The van der Waals surface area contributed by atoms with Crippen LogP contribution in [0.1, 0.15) is 37.6 Å². The summed E-state index contributed by atoms with van der Waals surface area (Å²) in [5, 5.41) is 7.84. The Morgan fingerprint density at radius 1 is 1.24 bits per heavy atom. The average Bonchev–Trinajstić information content (AvgIpc) is 3.14. The molecule has 0 bridgehead atoms. The minimum Gasteiger partial charge on any atom is -0.300 e. The first-order valence-electron chi connectivity index (χ1n) is 6.93. The molecule has 1 aliphatic rings. The van der Waals surface area contributed by atoms with Gasteiger partial charge in [-0.25, -0.2) is 8.42 Å². The highest BCUT2D eigenvalue weighted by atomic mass is 35.7. The van der Waals surface area contributed by atoms with Gasteiger partial charge in [0.05, 0.1) is 5.41 Å². The summed E-state index contributed by atoms with van der Waals surface area (Å²) in [5.41, 5.74) is 0.928. The molecule has 1 fully saturated rings. The van der Waals surface area contributed by atoms with Gasteiger partial charge in [-0.15, -0.1) is 10.2 Å². The molecule has 0 atom stereocenters. The van der Waals surface area contributed by atoms with Crippen LogP contribution in [0.4, 0.5) is 0 Å². The third-order valence-corrected chi connectivity index (χ3v) is 5.04. The third kappa shape index (κ3) is 2.46. The van der Waals surface area contributed by atoms with Gasteiger partial charge in [0.1, 0.15) is 5.82 Å². The molecular formula is C14H16ClN3O2S. The van der Waals surface area contributed by atoms with E-state index in [0.29, 0.717) is 12.4 Å². The van der Waals surface area contributed by atoms with Crippen LogP contribution in [-0.4, -0.2) is 23.2 Å². The minimum atomic E-state index is -3.89. The Labute approximate surface area is 128 Å². The van der Waals surface area contributed by atoms with Crippen molar-refractivity contribution in [3.05, 3.63) is 41.7 Å². The quantitative estimate of drug-likeness (QED) is 0.793. The lowest BCUT2D eigenvalue weighted by atomic mass is 9.95. The summed E-state index contributed by atoms with van der Waals surface area (Å²) >= 11 is 0. The van der Waals surface area contributed by atoms with Gasteiger partial charge < -0.3 is 4.57 Å². The van der Waals surface area contributed by atoms with Crippen LogP contribution in [0.5, 0.6) is 0 Å². The minimum absolute atomic E-state index is 0.150. The summed E-state index contributed by atoms with van der Waals surface area (Å²) in [6.45, 7) is 2.52. The van der Waals surface area contributed by atoms with Crippen LogP contribution in [0.2, 0.25) is 0 Å². The molecule has 1 aromatic heterocycles. The summed E-state index contributed by atoms with van der Waals surface area (Å²) in [6, 6.07) is 10.0. The summed E-state index contributed by atoms with van der Waals surface area (Å²) in [6.07, 6.45) is 2.68. The summed E-state index contributed by atoms with van der Waals surface area (Å²) < 4.78 is 25.0. The van der Waals surface area contributed by atoms with E-state index >= 15 is 0 Å². The largest absolute Gasteiger partial charge is 0.300 e. The first kappa shape index (κ1) is 14.5. The summed E-state index contributed by atoms with van der Waals surface area (Å²) in [5.74, 6) is 0.703. The van der Waals surface area contributed by atoms with Crippen molar-refractivity contribution >= 4 is 19.7 Å². The fourth-order valence-corrected chi connectivity index (χ4v) is 3.69. The Morgan fingerprint density at radius 3 is 2.43 bits per heavy atom. The van der Waals surface area contributed by atoms with E-state index in [1.165, 1.54) is 0 Å². The lowest BCUT2D eigenvalue weighted by Gasteiger charge is -2.17. The predicted octanol–water partition coefficient (Wildman–Crippen LogP) is 2.70. The van der Waals surface area contributed by atoms with Crippen molar-refractivity contribution in [3.8, 4) is 0 Å². The summed E-state index contributed by atoms with van der Waals surface area (Å²) in [4.78, 5) is 0. The standard InChI is InChI=1S/C14H16ClN3O2S/c1-2-10-18-12(16-17-13(18)21(15,19)20)14(8-9-14)11-6-4-3-5-7-11/h3-7H,2,8-10H2,1H3. The smallest absolute Gasteiger partial charge is 0.296 e. The van der Waals surface area contributed by atoms with Crippen molar-refractivity contribution in [2.45, 2.75) is 43.3 Å². The van der Waals surface area contributed by atoms with Gasteiger partial charge in [-0.3, -0.25) is 0 Å². The Morgan fingerprint density at radius 2 is 1.90 bits per heavy atom. The zero-order chi connectivity index (χ0) is 15.1. The van der Waals surface area contributed by atoms with Crippen LogP contribution >= 0.6 is 10.7 Å². The van der Waals surface area contributed by atoms with Crippen LogP contribution in [0.15, 0.2) is 35.5 Å². The van der Waals surface area contributed by atoms with E-state index in [9.17, 15) is 8.42 Å². The SMILES string of the molecule is CCCn1c(C2(c3ccccc3)CC2)nnc1S(=O)(=O)Cl. The molecule has 3 rings (SSSR count). The van der Waals surface area contributed by atoms with Crippen molar-refractivity contribution < 1.29 is 8.42 Å². The van der Waals surface area contributed by atoms with Crippen molar-refractivity contribution in [2.24, 2.45) is 0 Å². The number of rotatable bonds is 5. The van der Waals surface area contributed by atoms with Crippen LogP contribution in [0.3, 0.4) is 0 Å². The topological polar surface area (TPSA) is 64.8 Å². The molecule has 1 aliphatic carbocycles. The predicted molar refractivity (Wildman–Crippen MR) is 79.8 cm³/mol. The van der Waals surface area contributed by atoms with Gasteiger partial charge in [0.15, 0.2) is 0 Å². The molecule has 1 aromatic carbocycles. The molecule has 0 radical (unpaired) electrons. The highest BCUT2D eigenvalue weighted by Crippen LogP contribution is 2.53. The number of aromatic nitrogens is 3. The molecule has 0 N–H and O–H groups in total. The van der Waals surface area contributed by atoms with Gasteiger partial charge in [-0.1, -0.05) is 37.3 Å². The van der Waals surface area contributed by atoms with E-state index in [4.69, 9.17) is 10.7 Å². The van der Waals surface area contributed by atoms with Gasteiger partial charge >= 0.3 is 0 Å². The molecule has 1 saturated carbocycles. The van der Waals surface area contributed by atoms with E-state index < -0.39 is 9.05 Å². The van der Waals surface area contributed by atoms with Crippen LogP contribution < -0.4 is 0 Å². The highest BCUT2D eigenvalue weighted by Gasteiger charge is 2.50. The Balaban J connectivity index is 2.14. The molecule has 1 heterocycles. The Bertz CT molecular complexity index is 752. The van der Waals surface area contributed by atoms with E-state index in [1.54, 1.807) is 4.57 Å². The van der Waals surface area contributed by atoms with E-state index in [0.717, 1.165) is 24.8 Å². The number of hydrogen-bond donors (Lipinski definition) is 0. The molecule has 2 aromatic rings. The number of hydrogen-bond acceptors (Lipinski definition) is 4. The molecular weight excluding hydrogens is 310 g/mol. The molecule has 7 heteroatoms. The van der Waals surface area contributed by atoms with E-state index in [2.05, 4.69) is 10.2 Å². The monoisotopic (exact) mass is 325 g/mol. The first-order chi connectivity index (χ1) is 9.99. The fraction of sp³-hybridized carbons (Fsp3) is 0.429. The molecule has 21 heavy (non-hydrogen) atoms. The Kier molecular flexibility index (Phi) is 3.53. The lowest BCUT2D eigenvalue weighted by molar-refractivity contribution is 0.542. The van der Waals surface area contributed by atoms with Crippen molar-refractivity contribution in [1.82, 2.24) is 14.8 Å². The second kappa shape index (κ2) is 5.10. The number of benzene rings is 1. The van der Waals surface area contributed by atoms with E-state index in [1.807, 2.05) is 37.3 Å². The van der Waals surface area contributed by atoms with Gasteiger partial charge in [0.2, 0.25) is 0 Å². The van der Waals surface area contributed by atoms with Gasteiger partial charge in [0, 0.05) is 17.2 Å².